The number of amides is 1. The van der Waals surface area contributed by atoms with Crippen LogP contribution in [0.2, 0.25) is 0 Å². The molecule has 0 aromatic heterocycles. The van der Waals surface area contributed by atoms with E-state index >= 15 is 0 Å². The molecule has 1 aromatic rings. The third kappa shape index (κ3) is 5.30. The summed E-state index contributed by atoms with van der Waals surface area (Å²) in [7, 11) is 1.61. The lowest BCUT2D eigenvalue weighted by molar-refractivity contribution is -0.147. The van der Waals surface area contributed by atoms with Crippen LogP contribution < -0.4 is 0 Å². The van der Waals surface area contributed by atoms with E-state index in [1.165, 1.54) is 4.90 Å². The molecule has 1 atom stereocenters. The maximum Gasteiger partial charge on any atom is 0.410 e. The lowest BCUT2D eigenvalue weighted by Crippen LogP contribution is -2.36. The molecule has 0 unspecified atom stereocenters. The molecule has 0 spiro atoms. The van der Waals surface area contributed by atoms with Gasteiger partial charge >= 0.3 is 12.1 Å². The first kappa shape index (κ1) is 16.0. The van der Waals surface area contributed by atoms with E-state index in [0.29, 0.717) is 6.54 Å². The molecule has 1 aromatic carbocycles. The highest BCUT2D eigenvalue weighted by Crippen LogP contribution is 2.08. The van der Waals surface area contributed by atoms with Crippen molar-refractivity contribution in [3.05, 3.63) is 35.9 Å². The summed E-state index contributed by atoms with van der Waals surface area (Å²) in [5.74, 6) is -1.13. The van der Waals surface area contributed by atoms with Gasteiger partial charge in [-0.1, -0.05) is 43.7 Å². The van der Waals surface area contributed by atoms with Gasteiger partial charge in [-0.3, -0.25) is 0 Å². The Morgan fingerprint density at radius 1 is 1.30 bits per heavy atom. The van der Waals surface area contributed by atoms with Gasteiger partial charge in [0.05, 0.1) is 0 Å². The summed E-state index contributed by atoms with van der Waals surface area (Å²) in [6.45, 7) is 2.58. The van der Waals surface area contributed by atoms with Crippen LogP contribution in [0.25, 0.3) is 0 Å². The number of benzene rings is 1. The Balaban J connectivity index is 2.59. The number of carboxylic acid groups (broad SMARTS) is 1. The molecule has 0 fully saturated rings. The highest BCUT2D eigenvalue weighted by Gasteiger charge is 2.24. The lowest BCUT2D eigenvalue weighted by Gasteiger charge is -2.20. The van der Waals surface area contributed by atoms with E-state index in [1.807, 2.05) is 37.3 Å². The van der Waals surface area contributed by atoms with Crippen LogP contribution >= 0.6 is 0 Å². The molecule has 0 aliphatic heterocycles. The quantitative estimate of drug-likeness (QED) is 0.833. The van der Waals surface area contributed by atoms with E-state index < -0.39 is 18.2 Å². The van der Waals surface area contributed by atoms with E-state index in [4.69, 9.17) is 9.84 Å². The molecule has 0 aliphatic carbocycles. The van der Waals surface area contributed by atoms with E-state index in [-0.39, 0.29) is 6.42 Å². The van der Waals surface area contributed by atoms with Gasteiger partial charge < -0.3 is 14.7 Å². The van der Waals surface area contributed by atoms with Gasteiger partial charge in [0.2, 0.25) is 6.10 Å². The fourth-order valence-electron chi connectivity index (χ4n) is 1.71. The molecule has 0 saturated heterocycles. The molecule has 5 heteroatoms. The number of ether oxygens (including phenoxy) is 1. The first-order valence-electron chi connectivity index (χ1n) is 6.73. The first-order valence-corrected chi connectivity index (χ1v) is 6.73. The minimum Gasteiger partial charge on any atom is -0.478 e. The predicted molar refractivity (Wildman–Crippen MR) is 75.6 cm³/mol. The molecule has 5 nitrogen and oxygen atoms in total. The number of unbranched alkanes of at least 4 members (excludes halogenated alkanes) is 1. The van der Waals surface area contributed by atoms with Crippen molar-refractivity contribution in [3.8, 4) is 0 Å². The number of carbonyl (C=O) groups excluding carboxylic acids is 1. The van der Waals surface area contributed by atoms with Crippen molar-refractivity contribution in [3.63, 3.8) is 0 Å². The Kier molecular flexibility index (Phi) is 6.56. The Morgan fingerprint density at radius 2 is 1.95 bits per heavy atom. The van der Waals surface area contributed by atoms with Crippen LogP contribution in [-0.4, -0.2) is 41.8 Å². The number of nitrogens with zero attached hydrogens (tertiary/aromatic N) is 1. The number of hydrogen-bond acceptors (Lipinski definition) is 3. The van der Waals surface area contributed by atoms with Crippen molar-refractivity contribution in [1.29, 1.82) is 0 Å². The zero-order valence-electron chi connectivity index (χ0n) is 11.9. The summed E-state index contributed by atoms with van der Waals surface area (Å²) in [5.41, 5.74) is 0.823. The number of rotatable bonds is 7. The van der Waals surface area contributed by atoms with Crippen LogP contribution in [0, 0.1) is 0 Å². The SMILES string of the molecule is CCCCN(C)C(=O)O[C@@H](Cc1ccccc1)C(=O)O. The molecule has 1 amide bonds. The van der Waals surface area contributed by atoms with Crippen LogP contribution in [0.3, 0.4) is 0 Å². The summed E-state index contributed by atoms with van der Waals surface area (Å²) in [6.07, 6.45) is 0.242. The molecule has 0 radical (unpaired) electrons. The third-order valence-electron chi connectivity index (χ3n) is 2.94. The summed E-state index contributed by atoms with van der Waals surface area (Å²) in [5, 5.41) is 9.15. The minimum absolute atomic E-state index is 0.170. The van der Waals surface area contributed by atoms with Gasteiger partial charge in [-0.15, -0.1) is 0 Å². The van der Waals surface area contributed by atoms with Gasteiger partial charge in [-0.2, -0.15) is 0 Å². The predicted octanol–water partition coefficient (Wildman–Crippen LogP) is 2.55. The van der Waals surface area contributed by atoms with Gasteiger partial charge in [-0.25, -0.2) is 9.59 Å². The molecule has 110 valence electrons. The fourth-order valence-corrected chi connectivity index (χ4v) is 1.71. The molecule has 1 rings (SSSR count). The zero-order chi connectivity index (χ0) is 15.0. The van der Waals surface area contributed by atoms with Crippen LogP contribution in [0.4, 0.5) is 4.79 Å². The standard InChI is InChI=1S/C15H21NO4/c1-3-4-10-16(2)15(19)20-13(14(17)18)11-12-8-6-5-7-9-12/h5-9,13H,3-4,10-11H2,1-2H3,(H,17,18)/t13-/m0/s1. The van der Waals surface area contributed by atoms with Crippen molar-refractivity contribution < 1.29 is 19.4 Å². The molecular weight excluding hydrogens is 258 g/mol. The number of hydrogen-bond donors (Lipinski definition) is 1. The number of carbonyl (C=O) groups is 2. The van der Waals surface area contributed by atoms with Crippen molar-refractivity contribution in [1.82, 2.24) is 4.90 Å². The Hall–Kier alpha value is -2.04. The number of aliphatic carboxylic acids is 1. The van der Waals surface area contributed by atoms with E-state index in [1.54, 1.807) is 7.05 Å². The zero-order valence-corrected chi connectivity index (χ0v) is 11.9. The van der Waals surface area contributed by atoms with Crippen molar-refractivity contribution in [2.24, 2.45) is 0 Å². The molecule has 0 saturated carbocycles. The highest BCUT2D eigenvalue weighted by atomic mass is 16.6. The summed E-state index contributed by atoms with van der Waals surface area (Å²) in [4.78, 5) is 24.4. The third-order valence-corrected chi connectivity index (χ3v) is 2.94. The first-order chi connectivity index (χ1) is 9.54. The molecular formula is C15H21NO4. The van der Waals surface area contributed by atoms with Gasteiger partial charge in [0.1, 0.15) is 0 Å². The molecule has 0 bridgehead atoms. The van der Waals surface area contributed by atoms with Crippen LogP contribution in [-0.2, 0) is 16.0 Å². The average Bonchev–Trinajstić information content (AvgIpc) is 2.44. The summed E-state index contributed by atoms with van der Waals surface area (Å²) >= 11 is 0. The second-order valence-electron chi connectivity index (χ2n) is 4.68. The smallest absolute Gasteiger partial charge is 0.410 e. The second-order valence-corrected chi connectivity index (χ2v) is 4.68. The Morgan fingerprint density at radius 3 is 2.50 bits per heavy atom. The highest BCUT2D eigenvalue weighted by molar-refractivity contribution is 5.77. The summed E-state index contributed by atoms with van der Waals surface area (Å²) in [6, 6.07) is 9.12. The number of carboxylic acids is 1. The normalized spacial score (nSPS) is 11.7. The van der Waals surface area contributed by atoms with Crippen LogP contribution in [0.1, 0.15) is 25.3 Å². The summed E-state index contributed by atoms with van der Waals surface area (Å²) < 4.78 is 5.06. The van der Waals surface area contributed by atoms with Crippen molar-refractivity contribution in [2.75, 3.05) is 13.6 Å². The van der Waals surface area contributed by atoms with Gasteiger partial charge in [0.25, 0.3) is 0 Å². The van der Waals surface area contributed by atoms with Crippen molar-refractivity contribution >= 4 is 12.1 Å². The molecule has 20 heavy (non-hydrogen) atoms. The topological polar surface area (TPSA) is 66.8 Å². The molecule has 0 aliphatic rings. The monoisotopic (exact) mass is 279 g/mol. The largest absolute Gasteiger partial charge is 0.478 e. The Bertz CT molecular complexity index is 433. The fraction of sp³-hybridized carbons (Fsp3) is 0.467. The van der Waals surface area contributed by atoms with Crippen LogP contribution in [0.5, 0.6) is 0 Å². The average molecular weight is 279 g/mol. The maximum absolute atomic E-state index is 11.8. The lowest BCUT2D eigenvalue weighted by atomic mass is 10.1. The van der Waals surface area contributed by atoms with E-state index in [9.17, 15) is 9.59 Å². The molecule has 1 N–H and O–H groups in total. The van der Waals surface area contributed by atoms with Gasteiger partial charge in [0, 0.05) is 20.0 Å². The minimum atomic E-state index is -1.16. The van der Waals surface area contributed by atoms with E-state index in [0.717, 1.165) is 18.4 Å². The van der Waals surface area contributed by atoms with Gasteiger partial charge in [-0.05, 0) is 12.0 Å². The van der Waals surface area contributed by atoms with Crippen molar-refractivity contribution in [2.45, 2.75) is 32.3 Å². The van der Waals surface area contributed by atoms with Crippen LogP contribution in [0.15, 0.2) is 30.3 Å². The second kappa shape index (κ2) is 8.19. The Labute approximate surface area is 119 Å². The van der Waals surface area contributed by atoms with Gasteiger partial charge in [0.15, 0.2) is 0 Å². The molecule has 0 heterocycles. The van der Waals surface area contributed by atoms with E-state index in [2.05, 4.69) is 0 Å². The maximum atomic E-state index is 11.8.